The van der Waals surface area contributed by atoms with Crippen molar-refractivity contribution >= 4 is 11.6 Å². The highest BCUT2D eigenvalue weighted by atomic mass is 16.5. The summed E-state index contributed by atoms with van der Waals surface area (Å²) >= 11 is 0. The smallest absolute Gasteiger partial charge is 0.170 e. The van der Waals surface area contributed by atoms with E-state index in [0.29, 0.717) is 18.6 Å². The van der Waals surface area contributed by atoms with E-state index in [9.17, 15) is 9.59 Å². The predicted molar refractivity (Wildman–Crippen MR) is 71.1 cm³/mol. The van der Waals surface area contributed by atoms with E-state index in [-0.39, 0.29) is 18.0 Å². The van der Waals surface area contributed by atoms with Gasteiger partial charge in [0.15, 0.2) is 5.78 Å². The van der Waals surface area contributed by atoms with Gasteiger partial charge in [-0.05, 0) is 37.6 Å². The first kappa shape index (κ1) is 14.4. The fourth-order valence-electron chi connectivity index (χ4n) is 1.65. The van der Waals surface area contributed by atoms with Crippen LogP contribution in [0.3, 0.4) is 0 Å². The molecule has 1 aromatic carbocycles. The summed E-state index contributed by atoms with van der Waals surface area (Å²) in [6.07, 6.45) is 2.34. The van der Waals surface area contributed by atoms with Crippen LogP contribution in [0, 0.1) is 0 Å². The molecule has 0 unspecified atom stereocenters. The Morgan fingerprint density at radius 1 is 1.11 bits per heavy atom. The van der Waals surface area contributed by atoms with Gasteiger partial charge in [0.25, 0.3) is 0 Å². The van der Waals surface area contributed by atoms with E-state index >= 15 is 0 Å². The number of Topliss-reactive ketones (excluding diaryl/α,β-unsaturated/α-hetero) is 2. The van der Waals surface area contributed by atoms with Gasteiger partial charge in [-0.1, -0.05) is 13.3 Å². The first-order chi connectivity index (χ1) is 8.67. The lowest BCUT2D eigenvalue weighted by atomic mass is 10.0. The summed E-state index contributed by atoms with van der Waals surface area (Å²) in [5, 5.41) is 0. The van der Waals surface area contributed by atoms with Gasteiger partial charge in [0.1, 0.15) is 11.5 Å². The number of hydrogen-bond donors (Lipinski definition) is 0. The Kier molecular flexibility index (Phi) is 6.12. The zero-order valence-electron chi connectivity index (χ0n) is 11.1. The van der Waals surface area contributed by atoms with Crippen LogP contribution in [0.4, 0.5) is 0 Å². The number of carbonyl (C=O) groups is 2. The Bertz CT molecular complexity index is 393. The number of ether oxygens (including phenoxy) is 1. The van der Waals surface area contributed by atoms with Gasteiger partial charge in [-0.3, -0.25) is 9.59 Å². The van der Waals surface area contributed by atoms with E-state index in [1.165, 1.54) is 0 Å². The molecule has 98 valence electrons. The van der Waals surface area contributed by atoms with Crippen molar-refractivity contribution in [3.05, 3.63) is 29.8 Å². The van der Waals surface area contributed by atoms with E-state index in [1.54, 1.807) is 24.3 Å². The zero-order chi connectivity index (χ0) is 13.4. The monoisotopic (exact) mass is 248 g/mol. The molecule has 0 spiro atoms. The molecule has 0 fully saturated rings. The van der Waals surface area contributed by atoms with Crippen molar-refractivity contribution in [3.8, 4) is 5.75 Å². The molecule has 3 heteroatoms. The van der Waals surface area contributed by atoms with Crippen LogP contribution >= 0.6 is 0 Å². The van der Waals surface area contributed by atoms with Crippen LogP contribution in [0.1, 0.15) is 49.9 Å². The van der Waals surface area contributed by atoms with Gasteiger partial charge in [0.05, 0.1) is 13.0 Å². The second-order valence-corrected chi connectivity index (χ2v) is 4.20. The summed E-state index contributed by atoms with van der Waals surface area (Å²) < 4.78 is 5.30. The lowest BCUT2D eigenvalue weighted by molar-refractivity contribution is -0.118. The summed E-state index contributed by atoms with van der Waals surface area (Å²) in [5.74, 6) is 0.654. The molecule has 0 heterocycles. The quantitative estimate of drug-likeness (QED) is 0.523. The highest BCUT2D eigenvalue weighted by molar-refractivity contribution is 6.07. The van der Waals surface area contributed by atoms with E-state index < -0.39 is 0 Å². The van der Waals surface area contributed by atoms with Crippen LogP contribution in [0.5, 0.6) is 5.75 Å². The van der Waals surface area contributed by atoms with Crippen molar-refractivity contribution in [2.75, 3.05) is 6.61 Å². The second kappa shape index (κ2) is 7.64. The van der Waals surface area contributed by atoms with Crippen molar-refractivity contribution in [2.24, 2.45) is 0 Å². The van der Waals surface area contributed by atoms with Gasteiger partial charge in [0.2, 0.25) is 0 Å². The zero-order valence-corrected chi connectivity index (χ0v) is 11.1. The third kappa shape index (κ3) is 4.70. The molecular formula is C15H20O3. The van der Waals surface area contributed by atoms with E-state index in [4.69, 9.17) is 4.74 Å². The molecule has 0 aliphatic carbocycles. The van der Waals surface area contributed by atoms with Gasteiger partial charge >= 0.3 is 0 Å². The van der Waals surface area contributed by atoms with Gasteiger partial charge in [-0.25, -0.2) is 0 Å². The summed E-state index contributed by atoms with van der Waals surface area (Å²) in [5.41, 5.74) is 0.573. The normalized spacial score (nSPS) is 10.1. The summed E-state index contributed by atoms with van der Waals surface area (Å²) in [6, 6.07) is 6.93. The number of unbranched alkanes of at least 4 members (excludes halogenated alkanes) is 1. The highest BCUT2D eigenvalue weighted by Gasteiger charge is 2.11. The van der Waals surface area contributed by atoms with Crippen LogP contribution in [0.25, 0.3) is 0 Å². The molecule has 3 nitrogen and oxygen atoms in total. The third-order valence-corrected chi connectivity index (χ3v) is 2.65. The Hall–Kier alpha value is -1.64. The fourth-order valence-corrected chi connectivity index (χ4v) is 1.65. The van der Waals surface area contributed by atoms with Crippen LogP contribution < -0.4 is 4.74 Å². The minimum Gasteiger partial charge on any atom is -0.494 e. The maximum Gasteiger partial charge on any atom is 0.170 e. The average molecular weight is 248 g/mol. The first-order valence-electron chi connectivity index (χ1n) is 6.45. The topological polar surface area (TPSA) is 43.4 Å². The molecule has 0 aromatic heterocycles. The Morgan fingerprint density at radius 2 is 1.78 bits per heavy atom. The Labute approximate surface area is 108 Å². The highest BCUT2D eigenvalue weighted by Crippen LogP contribution is 2.14. The number of rotatable bonds is 8. The number of benzene rings is 1. The first-order valence-corrected chi connectivity index (χ1v) is 6.45. The Balaban J connectivity index is 2.53. The predicted octanol–water partition coefficient (Wildman–Crippen LogP) is 3.42. The minimum atomic E-state index is -0.112. The van der Waals surface area contributed by atoms with Crippen molar-refractivity contribution in [2.45, 2.75) is 39.5 Å². The van der Waals surface area contributed by atoms with Gasteiger partial charge in [0, 0.05) is 12.0 Å². The number of ketones is 2. The SMILES string of the molecule is CCCCC(=O)CC(=O)c1ccc(OCC)cc1. The molecular weight excluding hydrogens is 228 g/mol. The largest absolute Gasteiger partial charge is 0.494 e. The summed E-state index contributed by atoms with van der Waals surface area (Å²) in [6.45, 7) is 4.54. The maximum atomic E-state index is 11.8. The molecule has 1 aromatic rings. The molecule has 0 N–H and O–H groups in total. The van der Waals surface area contributed by atoms with Crippen LogP contribution in [-0.4, -0.2) is 18.2 Å². The molecule has 0 bridgehead atoms. The fraction of sp³-hybridized carbons (Fsp3) is 0.467. The minimum absolute atomic E-state index is 0.00792. The molecule has 0 saturated carbocycles. The summed E-state index contributed by atoms with van der Waals surface area (Å²) in [7, 11) is 0. The van der Waals surface area contributed by atoms with Crippen molar-refractivity contribution in [1.82, 2.24) is 0 Å². The lowest BCUT2D eigenvalue weighted by Crippen LogP contribution is -2.08. The van der Waals surface area contributed by atoms with E-state index in [0.717, 1.165) is 18.6 Å². The molecule has 0 aliphatic rings. The van der Waals surface area contributed by atoms with E-state index in [1.807, 2.05) is 13.8 Å². The molecule has 0 aliphatic heterocycles. The average Bonchev–Trinajstić information content (AvgIpc) is 2.37. The summed E-state index contributed by atoms with van der Waals surface area (Å²) in [4.78, 5) is 23.3. The number of hydrogen-bond acceptors (Lipinski definition) is 3. The van der Waals surface area contributed by atoms with Crippen LogP contribution in [-0.2, 0) is 4.79 Å². The van der Waals surface area contributed by atoms with Gasteiger partial charge < -0.3 is 4.74 Å². The van der Waals surface area contributed by atoms with Crippen molar-refractivity contribution in [3.63, 3.8) is 0 Å². The van der Waals surface area contributed by atoms with Crippen LogP contribution in [0.2, 0.25) is 0 Å². The van der Waals surface area contributed by atoms with Crippen molar-refractivity contribution in [1.29, 1.82) is 0 Å². The molecule has 0 amide bonds. The third-order valence-electron chi connectivity index (χ3n) is 2.65. The molecule has 0 atom stereocenters. The van der Waals surface area contributed by atoms with E-state index in [2.05, 4.69) is 0 Å². The lowest BCUT2D eigenvalue weighted by Gasteiger charge is -2.04. The molecule has 0 radical (unpaired) electrons. The molecule has 1 rings (SSSR count). The van der Waals surface area contributed by atoms with Crippen molar-refractivity contribution < 1.29 is 14.3 Å². The van der Waals surface area contributed by atoms with Gasteiger partial charge in [-0.15, -0.1) is 0 Å². The maximum absolute atomic E-state index is 11.8. The Morgan fingerprint density at radius 3 is 2.33 bits per heavy atom. The second-order valence-electron chi connectivity index (χ2n) is 4.20. The molecule has 0 saturated heterocycles. The van der Waals surface area contributed by atoms with Gasteiger partial charge in [-0.2, -0.15) is 0 Å². The number of carbonyl (C=O) groups excluding carboxylic acids is 2. The standard InChI is InChI=1S/C15H20O3/c1-3-5-6-13(16)11-15(17)12-7-9-14(10-8-12)18-4-2/h7-10H,3-6,11H2,1-2H3. The van der Waals surface area contributed by atoms with Crippen LogP contribution in [0.15, 0.2) is 24.3 Å². The molecule has 18 heavy (non-hydrogen) atoms.